The SMILES string of the molecule is CCCC1=C(C(=O)OCC)[C@H](c2ccc(OC)cc2OC)n2ncnc2N1. The standard InChI is InChI=1S/C19H24N4O4/c1-5-7-14-16(18(24)27-6-2)17(23-19(22-14)20-11-21-23)13-9-8-12(25-3)10-15(13)26-4/h8-11,17H,5-7H2,1-4H3,(H,20,21,22)/t17-/m0/s1. The summed E-state index contributed by atoms with van der Waals surface area (Å²) in [5, 5.41) is 7.56. The van der Waals surface area contributed by atoms with Gasteiger partial charge >= 0.3 is 5.97 Å². The second-order valence-corrected chi connectivity index (χ2v) is 6.03. The summed E-state index contributed by atoms with van der Waals surface area (Å²) < 4.78 is 17.9. The average Bonchev–Trinajstić information content (AvgIpc) is 3.15. The van der Waals surface area contributed by atoms with E-state index in [1.165, 1.54) is 6.33 Å². The minimum atomic E-state index is -0.509. The van der Waals surface area contributed by atoms with E-state index < -0.39 is 6.04 Å². The van der Waals surface area contributed by atoms with Crippen LogP contribution in [0.25, 0.3) is 0 Å². The van der Waals surface area contributed by atoms with Crippen molar-refractivity contribution in [2.75, 3.05) is 26.1 Å². The van der Waals surface area contributed by atoms with Crippen LogP contribution in [-0.4, -0.2) is 41.6 Å². The Kier molecular flexibility index (Phi) is 5.63. The summed E-state index contributed by atoms with van der Waals surface area (Å²) in [7, 11) is 3.18. The van der Waals surface area contributed by atoms with Gasteiger partial charge in [-0.1, -0.05) is 13.3 Å². The van der Waals surface area contributed by atoms with E-state index in [0.717, 1.165) is 17.7 Å². The van der Waals surface area contributed by atoms with Crippen molar-refractivity contribution in [3.63, 3.8) is 0 Å². The van der Waals surface area contributed by atoms with Crippen LogP contribution >= 0.6 is 0 Å². The molecule has 0 bridgehead atoms. The van der Waals surface area contributed by atoms with Crippen LogP contribution in [0.3, 0.4) is 0 Å². The number of nitrogens with one attached hydrogen (secondary N) is 1. The first kappa shape index (κ1) is 18.8. The molecule has 0 unspecified atom stereocenters. The highest BCUT2D eigenvalue weighted by Gasteiger charge is 2.36. The average molecular weight is 372 g/mol. The first-order chi connectivity index (χ1) is 13.1. The van der Waals surface area contributed by atoms with Gasteiger partial charge in [-0.15, -0.1) is 0 Å². The summed E-state index contributed by atoms with van der Waals surface area (Å²) in [6.07, 6.45) is 3.02. The van der Waals surface area contributed by atoms with Crippen LogP contribution in [0.4, 0.5) is 5.95 Å². The van der Waals surface area contributed by atoms with Crippen LogP contribution in [0.1, 0.15) is 38.3 Å². The molecule has 0 fully saturated rings. The zero-order valence-electron chi connectivity index (χ0n) is 16.0. The summed E-state index contributed by atoms with van der Waals surface area (Å²) in [6, 6.07) is 4.99. The van der Waals surface area contributed by atoms with Gasteiger partial charge in [-0.05, 0) is 25.5 Å². The first-order valence-corrected chi connectivity index (χ1v) is 8.93. The fourth-order valence-corrected chi connectivity index (χ4v) is 3.24. The van der Waals surface area contributed by atoms with Gasteiger partial charge < -0.3 is 19.5 Å². The minimum Gasteiger partial charge on any atom is -0.497 e. The lowest BCUT2D eigenvalue weighted by Crippen LogP contribution is -2.30. The molecule has 0 radical (unpaired) electrons. The Morgan fingerprint density at radius 3 is 2.74 bits per heavy atom. The fraction of sp³-hybridized carbons (Fsp3) is 0.421. The molecular formula is C19H24N4O4. The molecule has 8 heteroatoms. The monoisotopic (exact) mass is 372 g/mol. The highest BCUT2D eigenvalue weighted by molar-refractivity contribution is 5.92. The van der Waals surface area contributed by atoms with Gasteiger partial charge in [-0.25, -0.2) is 9.48 Å². The molecule has 1 aliphatic heterocycles. The molecule has 1 aromatic heterocycles. The van der Waals surface area contributed by atoms with Crippen molar-refractivity contribution in [2.24, 2.45) is 0 Å². The van der Waals surface area contributed by atoms with Gasteiger partial charge in [-0.3, -0.25) is 0 Å². The molecule has 0 amide bonds. The lowest BCUT2D eigenvalue weighted by Gasteiger charge is -2.30. The Morgan fingerprint density at radius 1 is 1.26 bits per heavy atom. The number of hydrogen-bond acceptors (Lipinski definition) is 7. The number of rotatable bonds is 7. The van der Waals surface area contributed by atoms with Crippen LogP contribution < -0.4 is 14.8 Å². The van der Waals surface area contributed by atoms with Crippen molar-refractivity contribution in [3.05, 3.63) is 41.4 Å². The van der Waals surface area contributed by atoms with Crippen LogP contribution in [-0.2, 0) is 9.53 Å². The van der Waals surface area contributed by atoms with Crippen LogP contribution in [0.2, 0.25) is 0 Å². The quantitative estimate of drug-likeness (QED) is 0.748. The van der Waals surface area contributed by atoms with Gasteiger partial charge in [0.15, 0.2) is 0 Å². The number of hydrogen-bond donors (Lipinski definition) is 1. The molecule has 1 aromatic carbocycles. The molecular weight excluding hydrogens is 348 g/mol. The summed E-state index contributed by atoms with van der Waals surface area (Å²) >= 11 is 0. The third kappa shape index (κ3) is 3.47. The number of anilines is 1. The largest absolute Gasteiger partial charge is 0.497 e. The van der Waals surface area contributed by atoms with Crippen LogP contribution in [0, 0.1) is 0 Å². The van der Waals surface area contributed by atoms with E-state index in [-0.39, 0.29) is 5.97 Å². The van der Waals surface area contributed by atoms with E-state index >= 15 is 0 Å². The Hall–Kier alpha value is -3.03. The number of esters is 1. The van der Waals surface area contributed by atoms with E-state index in [1.807, 2.05) is 12.1 Å². The van der Waals surface area contributed by atoms with Crippen molar-refractivity contribution in [2.45, 2.75) is 32.7 Å². The van der Waals surface area contributed by atoms with Crippen molar-refractivity contribution in [1.29, 1.82) is 0 Å². The molecule has 0 spiro atoms. The zero-order valence-corrected chi connectivity index (χ0v) is 16.0. The van der Waals surface area contributed by atoms with Crippen LogP contribution in [0.5, 0.6) is 11.5 Å². The number of methoxy groups -OCH3 is 2. The second kappa shape index (κ2) is 8.11. The van der Waals surface area contributed by atoms with Gasteiger partial charge in [0, 0.05) is 17.3 Å². The van der Waals surface area contributed by atoms with Crippen molar-refractivity contribution >= 4 is 11.9 Å². The number of aromatic nitrogens is 3. The molecule has 2 aromatic rings. The Balaban J connectivity index is 2.21. The maximum absolute atomic E-state index is 12.9. The Bertz CT molecular complexity index is 859. The van der Waals surface area contributed by atoms with Gasteiger partial charge in [0.05, 0.1) is 26.4 Å². The lowest BCUT2D eigenvalue weighted by atomic mass is 9.93. The van der Waals surface area contributed by atoms with E-state index in [4.69, 9.17) is 14.2 Å². The molecule has 1 N–H and O–H groups in total. The first-order valence-electron chi connectivity index (χ1n) is 8.93. The van der Waals surface area contributed by atoms with E-state index in [9.17, 15) is 4.79 Å². The number of benzene rings is 1. The Morgan fingerprint density at radius 2 is 2.07 bits per heavy atom. The molecule has 8 nitrogen and oxygen atoms in total. The number of carbonyl (C=O) groups excluding carboxylic acids is 1. The van der Waals surface area contributed by atoms with Crippen molar-refractivity contribution in [3.8, 4) is 11.5 Å². The number of ether oxygens (including phenoxy) is 3. The van der Waals surface area contributed by atoms with E-state index in [1.54, 1.807) is 31.9 Å². The molecule has 0 aliphatic carbocycles. The highest BCUT2D eigenvalue weighted by Crippen LogP contribution is 2.41. The number of fused-ring (bicyclic) bond motifs is 1. The summed E-state index contributed by atoms with van der Waals surface area (Å²) in [5.41, 5.74) is 2.09. The minimum absolute atomic E-state index is 0.290. The molecule has 27 heavy (non-hydrogen) atoms. The maximum atomic E-state index is 12.9. The summed E-state index contributed by atoms with van der Waals surface area (Å²) in [5.74, 6) is 1.46. The lowest BCUT2D eigenvalue weighted by molar-refractivity contribution is -0.139. The molecule has 0 saturated carbocycles. The molecule has 144 valence electrons. The molecule has 0 saturated heterocycles. The van der Waals surface area contributed by atoms with Crippen molar-refractivity contribution in [1.82, 2.24) is 14.8 Å². The van der Waals surface area contributed by atoms with Gasteiger partial charge in [0.25, 0.3) is 0 Å². The molecule has 3 rings (SSSR count). The molecule has 2 heterocycles. The topological polar surface area (TPSA) is 87.5 Å². The van der Waals surface area contributed by atoms with Gasteiger partial charge in [-0.2, -0.15) is 10.1 Å². The maximum Gasteiger partial charge on any atom is 0.338 e. The normalized spacial score (nSPS) is 15.8. The third-order valence-corrected chi connectivity index (χ3v) is 4.41. The predicted molar refractivity (Wildman–Crippen MR) is 99.9 cm³/mol. The van der Waals surface area contributed by atoms with E-state index in [0.29, 0.717) is 36.0 Å². The zero-order chi connectivity index (χ0) is 19.4. The van der Waals surface area contributed by atoms with Crippen LogP contribution in [0.15, 0.2) is 35.8 Å². The highest BCUT2D eigenvalue weighted by atomic mass is 16.5. The molecule has 1 aliphatic rings. The summed E-state index contributed by atoms with van der Waals surface area (Å²) in [4.78, 5) is 17.2. The second-order valence-electron chi connectivity index (χ2n) is 6.03. The van der Waals surface area contributed by atoms with E-state index in [2.05, 4.69) is 22.3 Å². The number of carbonyl (C=O) groups is 1. The smallest absolute Gasteiger partial charge is 0.338 e. The number of allylic oxidation sites excluding steroid dienone is 1. The van der Waals surface area contributed by atoms with Gasteiger partial charge in [0.2, 0.25) is 5.95 Å². The van der Waals surface area contributed by atoms with Crippen molar-refractivity contribution < 1.29 is 19.0 Å². The van der Waals surface area contributed by atoms with Gasteiger partial charge in [0.1, 0.15) is 23.9 Å². The fourth-order valence-electron chi connectivity index (χ4n) is 3.24. The molecule has 1 atom stereocenters. The number of nitrogens with zero attached hydrogens (tertiary/aromatic N) is 3. The summed E-state index contributed by atoms with van der Waals surface area (Å²) in [6.45, 7) is 4.14. The third-order valence-electron chi connectivity index (χ3n) is 4.41. The Labute approximate surface area is 158 Å². The predicted octanol–water partition coefficient (Wildman–Crippen LogP) is 2.93.